The number of nitrogens with one attached hydrogen (secondary N) is 1. The number of aryl methyl sites for hydroxylation is 2. The minimum Gasteiger partial charge on any atom is -0.465 e. The van der Waals surface area contributed by atoms with E-state index in [-0.39, 0.29) is 17.8 Å². The SMILES string of the molecule is COC(=O)c1sc(NC(=O)CCn2ncc(=O)c3ccccc32)nc1C. The number of rotatable bonds is 5. The van der Waals surface area contributed by atoms with E-state index in [2.05, 4.69) is 20.1 Å². The van der Waals surface area contributed by atoms with Crippen LogP contribution in [0.25, 0.3) is 10.9 Å². The first kappa shape index (κ1) is 17.7. The summed E-state index contributed by atoms with van der Waals surface area (Å²) in [5, 5.41) is 7.65. The summed E-state index contributed by atoms with van der Waals surface area (Å²) >= 11 is 1.07. The number of aromatic nitrogens is 3. The predicted molar refractivity (Wildman–Crippen MR) is 97.4 cm³/mol. The molecule has 1 N–H and O–H groups in total. The van der Waals surface area contributed by atoms with Gasteiger partial charge in [0.15, 0.2) is 5.13 Å². The van der Waals surface area contributed by atoms with Crippen molar-refractivity contribution in [2.45, 2.75) is 19.9 Å². The molecular weight excluding hydrogens is 356 g/mol. The van der Waals surface area contributed by atoms with Crippen LogP contribution in [0.5, 0.6) is 0 Å². The minimum absolute atomic E-state index is 0.145. The molecule has 0 atom stereocenters. The predicted octanol–water partition coefficient (Wildman–Crippen LogP) is 1.98. The number of esters is 1. The van der Waals surface area contributed by atoms with Crippen LogP contribution < -0.4 is 10.7 Å². The summed E-state index contributed by atoms with van der Waals surface area (Å²) in [6, 6.07) is 7.11. The number of hydrogen-bond donors (Lipinski definition) is 1. The molecule has 9 heteroatoms. The van der Waals surface area contributed by atoms with Gasteiger partial charge in [0, 0.05) is 11.8 Å². The Hall–Kier alpha value is -3.07. The molecule has 0 saturated carbocycles. The van der Waals surface area contributed by atoms with Crippen molar-refractivity contribution in [2.75, 3.05) is 12.4 Å². The van der Waals surface area contributed by atoms with Crippen molar-refractivity contribution < 1.29 is 14.3 Å². The first-order valence-electron chi connectivity index (χ1n) is 7.80. The number of ether oxygens (including phenoxy) is 1. The Balaban J connectivity index is 1.70. The Morgan fingerprint density at radius 3 is 2.85 bits per heavy atom. The van der Waals surface area contributed by atoms with Crippen LogP contribution in [0.15, 0.2) is 35.3 Å². The van der Waals surface area contributed by atoms with Crippen LogP contribution in [-0.4, -0.2) is 33.8 Å². The third kappa shape index (κ3) is 3.62. The number of carbonyl (C=O) groups excluding carboxylic acids is 2. The number of amides is 1. The van der Waals surface area contributed by atoms with Gasteiger partial charge in [-0.3, -0.25) is 14.3 Å². The van der Waals surface area contributed by atoms with Gasteiger partial charge in [-0.15, -0.1) is 0 Å². The van der Waals surface area contributed by atoms with Gasteiger partial charge in [0.25, 0.3) is 0 Å². The molecule has 0 aliphatic heterocycles. The van der Waals surface area contributed by atoms with Gasteiger partial charge in [-0.1, -0.05) is 23.5 Å². The van der Waals surface area contributed by atoms with Gasteiger partial charge in [0.2, 0.25) is 11.3 Å². The van der Waals surface area contributed by atoms with E-state index >= 15 is 0 Å². The van der Waals surface area contributed by atoms with Gasteiger partial charge in [0.1, 0.15) is 4.88 Å². The zero-order valence-electron chi connectivity index (χ0n) is 14.2. The molecule has 1 amide bonds. The van der Waals surface area contributed by atoms with Crippen LogP contribution >= 0.6 is 11.3 Å². The average molecular weight is 372 g/mol. The number of anilines is 1. The molecular formula is C17H16N4O4S. The molecule has 3 aromatic rings. The summed E-state index contributed by atoms with van der Waals surface area (Å²) in [4.78, 5) is 40.1. The molecule has 134 valence electrons. The number of nitrogens with zero attached hydrogens (tertiary/aromatic N) is 3. The number of methoxy groups -OCH3 is 1. The Bertz CT molecular complexity index is 1040. The first-order chi connectivity index (χ1) is 12.5. The first-order valence-corrected chi connectivity index (χ1v) is 8.61. The third-order valence-electron chi connectivity index (χ3n) is 3.73. The average Bonchev–Trinajstić information content (AvgIpc) is 3.01. The lowest BCUT2D eigenvalue weighted by atomic mass is 10.2. The molecule has 0 radical (unpaired) electrons. The fourth-order valence-electron chi connectivity index (χ4n) is 2.46. The Labute approximate surface area is 152 Å². The van der Waals surface area contributed by atoms with E-state index < -0.39 is 5.97 Å². The largest absolute Gasteiger partial charge is 0.465 e. The van der Waals surface area contributed by atoms with Gasteiger partial charge in [-0.05, 0) is 19.1 Å². The molecule has 3 rings (SSSR count). The molecule has 2 aromatic heterocycles. The van der Waals surface area contributed by atoms with Crippen molar-refractivity contribution in [3.8, 4) is 0 Å². The molecule has 0 aliphatic carbocycles. The number of para-hydroxylation sites is 1. The lowest BCUT2D eigenvalue weighted by Gasteiger charge is -2.08. The van der Waals surface area contributed by atoms with E-state index in [0.717, 1.165) is 11.3 Å². The highest BCUT2D eigenvalue weighted by Crippen LogP contribution is 2.23. The van der Waals surface area contributed by atoms with Gasteiger partial charge in [-0.2, -0.15) is 5.10 Å². The second-order valence-corrected chi connectivity index (χ2v) is 6.47. The van der Waals surface area contributed by atoms with Crippen molar-refractivity contribution in [1.29, 1.82) is 0 Å². The zero-order chi connectivity index (χ0) is 18.7. The number of benzene rings is 1. The van der Waals surface area contributed by atoms with E-state index in [9.17, 15) is 14.4 Å². The number of thiazole rings is 1. The monoisotopic (exact) mass is 372 g/mol. The third-order valence-corrected chi connectivity index (χ3v) is 4.78. The maximum Gasteiger partial charge on any atom is 0.350 e. The zero-order valence-corrected chi connectivity index (χ0v) is 15.0. The molecule has 0 bridgehead atoms. The molecule has 0 spiro atoms. The fourth-order valence-corrected chi connectivity index (χ4v) is 3.36. The molecule has 0 aliphatic rings. The van der Waals surface area contributed by atoms with Crippen molar-refractivity contribution in [2.24, 2.45) is 0 Å². The second kappa shape index (κ2) is 7.44. The molecule has 1 aromatic carbocycles. The Morgan fingerprint density at radius 1 is 1.31 bits per heavy atom. The number of hydrogen-bond acceptors (Lipinski definition) is 7. The number of carbonyl (C=O) groups is 2. The summed E-state index contributed by atoms with van der Waals surface area (Å²) in [7, 11) is 1.29. The van der Waals surface area contributed by atoms with Crippen LogP contribution in [0.4, 0.5) is 5.13 Å². The van der Waals surface area contributed by atoms with E-state index in [4.69, 9.17) is 0 Å². The summed E-state index contributed by atoms with van der Waals surface area (Å²) in [5.74, 6) is -0.746. The lowest BCUT2D eigenvalue weighted by Crippen LogP contribution is -2.17. The van der Waals surface area contributed by atoms with Gasteiger partial charge >= 0.3 is 5.97 Å². The molecule has 2 heterocycles. The van der Waals surface area contributed by atoms with E-state index in [1.54, 1.807) is 29.8 Å². The Kier molecular flexibility index (Phi) is 5.08. The van der Waals surface area contributed by atoms with E-state index in [1.165, 1.54) is 13.3 Å². The smallest absolute Gasteiger partial charge is 0.350 e. The Morgan fingerprint density at radius 2 is 2.08 bits per heavy atom. The van der Waals surface area contributed by atoms with Crippen LogP contribution in [0.2, 0.25) is 0 Å². The fraction of sp³-hybridized carbons (Fsp3) is 0.235. The highest BCUT2D eigenvalue weighted by molar-refractivity contribution is 7.17. The maximum absolute atomic E-state index is 12.2. The van der Waals surface area contributed by atoms with Crippen molar-refractivity contribution in [3.05, 3.63) is 51.3 Å². The number of fused-ring (bicyclic) bond motifs is 1. The lowest BCUT2D eigenvalue weighted by molar-refractivity contribution is -0.116. The van der Waals surface area contributed by atoms with Crippen LogP contribution in [0.3, 0.4) is 0 Å². The van der Waals surface area contributed by atoms with Crippen LogP contribution in [0, 0.1) is 6.92 Å². The normalized spacial score (nSPS) is 10.7. The molecule has 0 saturated heterocycles. The van der Waals surface area contributed by atoms with E-state index in [0.29, 0.717) is 33.2 Å². The maximum atomic E-state index is 12.2. The van der Waals surface area contributed by atoms with Crippen molar-refractivity contribution in [1.82, 2.24) is 14.8 Å². The van der Waals surface area contributed by atoms with Gasteiger partial charge in [0.05, 0.1) is 31.1 Å². The highest BCUT2D eigenvalue weighted by Gasteiger charge is 2.17. The summed E-state index contributed by atoms with van der Waals surface area (Å²) in [5.41, 5.74) is 1.02. The van der Waals surface area contributed by atoms with Crippen molar-refractivity contribution in [3.63, 3.8) is 0 Å². The van der Waals surface area contributed by atoms with Crippen molar-refractivity contribution >= 4 is 39.2 Å². The standard InChI is InChI=1S/C17H16N4O4S/c1-10-15(16(24)25-2)26-17(19-10)20-14(23)7-8-21-12-6-4-3-5-11(12)13(22)9-18-21/h3-6,9H,7-8H2,1-2H3,(H,19,20,23). The molecule has 8 nitrogen and oxygen atoms in total. The van der Waals surface area contributed by atoms with Gasteiger partial charge in [-0.25, -0.2) is 9.78 Å². The van der Waals surface area contributed by atoms with E-state index in [1.807, 2.05) is 6.07 Å². The summed E-state index contributed by atoms with van der Waals surface area (Å²) < 4.78 is 6.29. The molecule has 0 fully saturated rings. The summed E-state index contributed by atoms with van der Waals surface area (Å²) in [6.07, 6.45) is 1.39. The topological polar surface area (TPSA) is 103 Å². The summed E-state index contributed by atoms with van der Waals surface area (Å²) in [6.45, 7) is 1.98. The highest BCUT2D eigenvalue weighted by atomic mass is 32.1. The quantitative estimate of drug-likeness (QED) is 0.687. The van der Waals surface area contributed by atoms with Crippen LogP contribution in [0.1, 0.15) is 21.8 Å². The van der Waals surface area contributed by atoms with Gasteiger partial charge < -0.3 is 10.1 Å². The van der Waals surface area contributed by atoms with Crippen LogP contribution in [-0.2, 0) is 16.1 Å². The molecule has 26 heavy (non-hydrogen) atoms. The minimum atomic E-state index is -0.482. The molecule has 0 unspecified atom stereocenters. The second-order valence-electron chi connectivity index (χ2n) is 5.47.